The van der Waals surface area contributed by atoms with Crippen LogP contribution in [-0.2, 0) is 4.74 Å². The highest BCUT2D eigenvalue weighted by molar-refractivity contribution is 6.30. The maximum Gasteiger partial charge on any atom is 0.142 e. The largest absolute Gasteiger partial charge is 0.495 e. The summed E-state index contributed by atoms with van der Waals surface area (Å²) < 4.78 is 11.4. The third-order valence-corrected chi connectivity index (χ3v) is 3.46. The van der Waals surface area contributed by atoms with Crippen LogP contribution >= 0.6 is 11.6 Å². The normalized spacial score (nSPS) is 22.4. The fourth-order valence-corrected chi connectivity index (χ4v) is 2.68. The first-order valence-electron chi connectivity index (χ1n) is 6.41. The molecule has 1 unspecified atom stereocenters. The van der Waals surface area contributed by atoms with Crippen molar-refractivity contribution in [3.63, 3.8) is 0 Å². The van der Waals surface area contributed by atoms with Gasteiger partial charge in [-0.15, -0.1) is 0 Å². The molecule has 2 N–H and O–H groups in total. The number of nitrogens with two attached hydrogens (primary N) is 1. The smallest absolute Gasteiger partial charge is 0.142 e. The highest BCUT2D eigenvalue weighted by Gasteiger charge is 2.33. The van der Waals surface area contributed by atoms with Crippen molar-refractivity contribution < 1.29 is 9.47 Å². The van der Waals surface area contributed by atoms with Crippen LogP contribution in [0.3, 0.4) is 0 Å². The van der Waals surface area contributed by atoms with Crippen LogP contribution < -0.4 is 15.4 Å². The van der Waals surface area contributed by atoms with Crippen molar-refractivity contribution >= 4 is 17.3 Å². The molecular weight excluding hydrogens is 264 g/mol. The van der Waals surface area contributed by atoms with Crippen molar-refractivity contribution in [2.45, 2.75) is 25.6 Å². The van der Waals surface area contributed by atoms with Crippen LogP contribution in [0, 0.1) is 0 Å². The van der Waals surface area contributed by atoms with Gasteiger partial charge in [0, 0.05) is 24.7 Å². The molecule has 1 aliphatic rings. The third-order valence-electron chi connectivity index (χ3n) is 3.23. The fourth-order valence-electron chi connectivity index (χ4n) is 2.51. The molecule has 1 aromatic carbocycles. The molecule has 0 aliphatic carbocycles. The molecule has 1 aromatic rings. The van der Waals surface area contributed by atoms with Gasteiger partial charge in [-0.05, 0) is 32.0 Å². The molecule has 1 heterocycles. The minimum Gasteiger partial charge on any atom is -0.495 e. The van der Waals surface area contributed by atoms with Gasteiger partial charge in [-0.1, -0.05) is 11.6 Å². The number of nitrogens with zero attached hydrogens (tertiary/aromatic N) is 1. The Labute approximate surface area is 119 Å². The van der Waals surface area contributed by atoms with Crippen LogP contribution in [-0.4, -0.2) is 38.4 Å². The lowest BCUT2D eigenvalue weighted by atomic mass is 10.0. The zero-order valence-electron chi connectivity index (χ0n) is 11.6. The Morgan fingerprint density at radius 2 is 2.26 bits per heavy atom. The zero-order chi connectivity index (χ0) is 14.0. The molecule has 4 nitrogen and oxygen atoms in total. The lowest BCUT2D eigenvalue weighted by Gasteiger charge is -2.44. The van der Waals surface area contributed by atoms with Crippen molar-refractivity contribution in [1.82, 2.24) is 0 Å². The van der Waals surface area contributed by atoms with E-state index in [1.54, 1.807) is 7.11 Å². The number of hydrogen-bond donors (Lipinski definition) is 1. The standard InChI is InChI=1S/C14H21ClN2O2/c1-14(2)9-17(8-11(7-16)19-14)12-6-10(15)4-5-13(12)18-3/h4-6,11H,7-9,16H2,1-3H3. The highest BCUT2D eigenvalue weighted by Crippen LogP contribution is 2.34. The average Bonchev–Trinajstić information content (AvgIpc) is 2.36. The van der Waals surface area contributed by atoms with E-state index in [4.69, 9.17) is 26.8 Å². The summed E-state index contributed by atoms with van der Waals surface area (Å²) in [6, 6.07) is 5.64. The Balaban J connectivity index is 2.32. The number of methoxy groups -OCH3 is 1. The van der Waals surface area contributed by atoms with E-state index in [1.807, 2.05) is 18.2 Å². The molecule has 0 bridgehead atoms. The second-order valence-corrected chi connectivity index (χ2v) is 5.87. The summed E-state index contributed by atoms with van der Waals surface area (Å²) in [6.45, 7) is 6.16. The van der Waals surface area contributed by atoms with Gasteiger partial charge in [0.15, 0.2) is 0 Å². The SMILES string of the molecule is COc1ccc(Cl)cc1N1CC(CN)OC(C)(C)C1. The van der Waals surface area contributed by atoms with Crippen LogP contribution in [0.1, 0.15) is 13.8 Å². The molecule has 0 spiro atoms. The van der Waals surface area contributed by atoms with Gasteiger partial charge in [0.25, 0.3) is 0 Å². The van der Waals surface area contributed by atoms with E-state index in [-0.39, 0.29) is 11.7 Å². The Hall–Kier alpha value is -0.970. The van der Waals surface area contributed by atoms with Crippen molar-refractivity contribution in [2.75, 3.05) is 31.6 Å². The van der Waals surface area contributed by atoms with Gasteiger partial charge in [0.1, 0.15) is 5.75 Å². The predicted octanol–water partition coefficient (Wildman–Crippen LogP) is 2.29. The number of hydrogen-bond acceptors (Lipinski definition) is 4. The van der Waals surface area contributed by atoms with E-state index in [1.165, 1.54) is 0 Å². The molecule has 106 valence electrons. The monoisotopic (exact) mass is 284 g/mol. The van der Waals surface area contributed by atoms with E-state index < -0.39 is 0 Å². The molecule has 1 fully saturated rings. The molecule has 2 rings (SSSR count). The summed E-state index contributed by atoms with van der Waals surface area (Å²) in [4.78, 5) is 2.23. The number of rotatable bonds is 3. The summed E-state index contributed by atoms with van der Waals surface area (Å²) in [5, 5.41) is 0.699. The molecule has 1 saturated heterocycles. The minimum atomic E-state index is -0.240. The number of halogens is 1. The minimum absolute atomic E-state index is 0.0208. The molecule has 0 radical (unpaired) electrons. The highest BCUT2D eigenvalue weighted by atomic mass is 35.5. The number of benzene rings is 1. The van der Waals surface area contributed by atoms with Gasteiger partial charge in [-0.2, -0.15) is 0 Å². The van der Waals surface area contributed by atoms with E-state index in [0.717, 1.165) is 24.5 Å². The Morgan fingerprint density at radius 3 is 2.89 bits per heavy atom. The van der Waals surface area contributed by atoms with Crippen LogP contribution in [0.4, 0.5) is 5.69 Å². The van der Waals surface area contributed by atoms with Gasteiger partial charge in [-0.25, -0.2) is 0 Å². The molecule has 0 amide bonds. The van der Waals surface area contributed by atoms with Crippen molar-refractivity contribution in [2.24, 2.45) is 5.73 Å². The first-order chi connectivity index (χ1) is 8.95. The van der Waals surface area contributed by atoms with Gasteiger partial charge in [0.05, 0.1) is 24.5 Å². The molecule has 0 saturated carbocycles. The van der Waals surface area contributed by atoms with E-state index in [0.29, 0.717) is 11.6 Å². The molecular formula is C14H21ClN2O2. The van der Waals surface area contributed by atoms with Gasteiger partial charge < -0.3 is 20.1 Å². The molecule has 19 heavy (non-hydrogen) atoms. The van der Waals surface area contributed by atoms with E-state index in [2.05, 4.69) is 18.7 Å². The predicted molar refractivity (Wildman–Crippen MR) is 78.2 cm³/mol. The Morgan fingerprint density at radius 1 is 1.53 bits per heavy atom. The van der Waals surface area contributed by atoms with Crippen molar-refractivity contribution in [1.29, 1.82) is 0 Å². The quantitative estimate of drug-likeness (QED) is 0.925. The maximum absolute atomic E-state index is 6.10. The molecule has 1 atom stereocenters. The zero-order valence-corrected chi connectivity index (χ0v) is 12.4. The Bertz CT molecular complexity index is 451. The average molecular weight is 285 g/mol. The van der Waals surface area contributed by atoms with E-state index >= 15 is 0 Å². The van der Waals surface area contributed by atoms with Gasteiger partial charge >= 0.3 is 0 Å². The topological polar surface area (TPSA) is 47.7 Å². The van der Waals surface area contributed by atoms with Crippen LogP contribution in [0.25, 0.3) is 0 Å². The summed E-state index contributed by atoms with van der Waals surface area (Å²) in [5.41, 5.74) is 6.51. The van der Waals surface area contributed by atoms with Crippen molar-refractivity contribution in [3.05, 3.63) is 23.2 Å². The van der Waals surface area contributed by atoms with Crippen LogP contribution in [0.15, 0.2) is 18.2 Å². The number of morpholine rings is 1. The van der Waals surface area contributed by atoms with Crippen molar-refractivity contribution in [3.8, 4) is 5.75 Å². The number of ether oxygens (including phenoxy) is 2. The lowest BCUT2D eigenvalue weighted by Crippen LogP contribution is -2.55. The lowest BCUT2D eigenvalue weighted by molar-refractivity contribution is -0.0789. The molecule has 0 aromatic heterocycles. The first kappa shape index (κ1) is 14.4. The maximum atomic E-state index is 6.10. The second kappa shape index (κ2) is 5.57. The number of anilines is 1. The first-order valence-corrected chi connectivity index (χ1v) is 6.79. The third kappa shape index (κ3) is 3.32. The van der Waals surface area contributed by atoms with Gasteiger partial charge in [0.2, 0.25) is 0 Å². The molecule has 1 aliphatic heterocycles. The van der Waals surface area contributed by atoms with E-state index in [9.17, 15) is 0 Å². The summed E-state index contributed by atoms with van der Waals surface area (Å²) >= 11 is 6.10. The summed E-state index contributed by atoms with van der Waals surface area (Å²) in [5.74, 6) is 0.817. The Kier molecular flexibility index (Phi) is 4.23. The molecule has 5 heteroatoms. The summed E-state index contributed by atoms with van der Waals surface area (Å²) in [7, 11) is 1.67. The van der Waals surface area contributed by atoms with Crippen LogP contribution in [0.5, 0.6) is 5.75 Å². The van der Waals surface area contributed by atoms with Gasteiger partial charge in [-0.3, -0.25) is 0 Å². The fraction of sp³-hybridized carbons (Fsp3) is 0.571. The second-order valence-electron chi connectivity index (χ2n) is 5.43. The van der Waals surface area contributed by atoms with Crippen LogP contribution in [0.2, 0.25) is 5.02 Å². The summed E-state index contributed by atoms with van der Waals surface area (Å²) in [6.07, 6.45) is 0.0208.